The number of rotatable bonds is 4. The number of ether oxygens (including phenoxy) is 2. The first-order valence-corrected chi connectivity index (χ1v) is 6.83. The monoisotopic (exact) mass is 241 g/mol. The van der Waals surface area contributed by atoms with Crippen LogP contribution in [0.1, 0.15) is 32.1 Å². The molecule has 0 amide bonds. The summed E-state index contributed by atoms with van der Waals surface area (Å²) in [5.74, 6) is 0.200. The first-order valence-electron chi connectivity index (χ1n) is 6.83. The molecule has 0 unspecified atom stereocenters. The molecule has 0 aromatic rings. The largest absolute Gasteiger partial charge is 0.464 e. The molecule has 1 aliphatic heterocycles. The Balaban J connectivity index is 1.58. The molecule has 0 N–H and O–H groups in total. The number of carbonyl (C=O) groups excluding carboxylic acids is 1. The number of esters is 1. The van der Waals surface area contributed by atoms with Crippen molar-refractivity contribution in [1.82, 2.24) is 4.90 Å². The Hall–Kier alpha value is -0.610. The molecule has 1 heterocycles. The standard InChI is InChI=1S/C13H23NO3/c15-13(12-4-2-1-3-5-12)17-11-8-14-6-9-16-10-7-14/h12H,1-11H2. The van der Waals surface area contributed by atoms with E-state index in [2.05, 4.69) is 4.90 Å². The van der Waals surface area contributed by atoms with Gasteiger partial charge < -0.3 is 9.47 Å². The fraction of sp³-hybridized carbons (Fsp3) is 0.923. The second-order valence-corrected chi connectivity index (χ2v) is 4.96. The van der Waals surface area contributed by atoms with Crippen molar-refractivity contribution in [3.8, 4) is 0 Å². The quantitative estimate of drug-likeness (QED) is 0.698. The summed E-state index contributed by atoms with van der Waals surface area (Å²) < 4.78 is 10.6. The van der Waals surface area contributed by atoms with E-state index in [1.54, 1.807) is 0 Å². The van der Waals surface area contributed by atoms with E-state index in [1.807, 2.05) is 0 Å². The maximum absolute atomic E-state index is 11.8. The zero-order valence-corrected chi connectivity index (χ0v) is 10.5. The Morgan fingerprint density at radius 1 is 1.18 bits per heavy atom. The molecular weight excluding hydrogens is 218 g/mol. The molecule has 4 nitrogen and oxygen atoms in total. The van der Waals surface area contributed by atoms with E-state index >= 15 is 0 Å². The zero-order valence-electron chi connectivity index (χ0n) is 10.5. The van der Waals surface area contributed by atoms with Gasteiger partial charge in [0.1, 0.15) is 6.61 Å². The van der Waals surface area contributed by atoms with Crippen LogP contribution in [0.15, 0.2) is 0 Å². The molecular formula is C13H23NO3. The molecule has 0 spiro atoms. The zero-order chi connectivity index (χ0) is 11.9. The molecule has 2 aliphatic rings. The minimum atomic E-state index is 0.0259. The maximum atomic E-state index is 11.8. The minimum Gasteiger partial charge on any atom is -0.464 e. The van der Waals surface area contributed by atoms with Gasteiger partial charge in [-0.3, -0.25) is 9.69 Å². The first kappa shape index (κ1) is 12.8. The van der Waals surface area contributed by atoms with Crippen LogP contribution in [-0.4, -0.2) is 50.3 Å². The van der Waals surface area contributed by atoms with Gasteiger partial charge in [-0.05, 0) is 12.8 Å². The summed E-state index contributed by atoms with van der Waals surface area (Å²) in [6.07, 6.45) is 5.69. The van der Waals surface area contributed by atoms with Crippen LogP contribution in [0.2, 0.25) is 0 Å². The Bertz CT molecular complexity index is 233. The van der Waals surface area contributed by atoms with Crippen LogP contribution in [-0.2, 0) is 14.3 Å². The van der Waals surface area contributed by atoms with Crippen LogP contribution >= 0.6 is 0 Å². The molecule has 4 heteroatoms. The van der Waals surface area contributed by atoms with Gasteiger partial charge in [-0.2, -0.15) is 0 Å². The summed E-state index contributed by atoms with van der Waals surface area (Å²) in [4.78, 5) is 14.1. The molecule has 0 aromatic heterocycles. The molecule has 1 saturated heterocycles. The van der Waals surface area contributed by atoms with Gasteiger partial charge in [0.2, 0.25) is 0 Å². The van der Waals surface area contributed by atoms with E-state index in [0.717, 1.165) is 45.7 Å². The van der Waals surface area contributed by atoms with E-state index in [9.17, 15) is 4.79 Å². The van der Waals surface area contributed by atoms with E-state index in [4.69, 9.17) is 9.47 Å². The number of hydrogen-bond acceptors (Lipinski definition) is 4. The number of carbonyl (C=O) groups is 1. The van der Waals surface area contributed by atoms with Crippen LogP contribution in [0.5, 0.6) is 0 Å². The summed E-state index contributed by atoms with van der Waals surface area (Å²) in [5.41, 5.74) is 0. The van der Waals surface area contributed by atoms with Crippen molar-refractivity contribution < 1.29 is 14.3 Å². The van der Waals surface area contributed by atoms with Crippen molar-refractivity contribution in [1.29, 1.82) is 0 Å². The lowest BCUT2D eigenvalue weighted by Crippen LogP contribution is -2.38. The lowest BCUT2D eigenvalue weighted by molar-refractivity contribution is -0.150. The second-order valence-electron chi connectivity index (χ2n) is 4.96. The Kier molecular flexibility index (Phi) is 5.26. The second kappa shape index (κ2) is 6.97. The summed E-state index contributed by atoms with van der Waals surface area (Å²) in [6.45, 7) is 4.91. The number of morpholine rings is 1. The molecule has 0 atom stereocenters. The SMILES string of the molecule is O=C(OCCN1CCOCC1)C1CCCCC1. The van der Waals surface area contributed by atoms with Crippen molar-refractivity contribution in [3.63, 3.8) is 0 Å². The smallest absolute Gasteiger partial charge is 0.308 e. The molecule has 1 saturated carbocycles. The highest BCUT2D eigenvalue weighted by molar-refractivity contribution is 5.72. The maximum Gasteiger partial charge on any atom is 0.308 e. The molecule has 17 heavy (non-hydrogen) atoms. The van der Waals surface area contributed by atoms with Crippen LogP contribution < -0.4 is 0 Å². The summed E-state index contributed by atoms with van der Waals surface area (Å²) in [6, 6.07) is 0. The van der Waals surface area contributed by atoms with E-state index < -0.39 is 0 Å². The molecule has 2 rings (SSSR count). The summed E-state index contributed by atoms with van der Waals surface area (Å²) >= 11 is 0. The third kappa shape index (κ3) is 4.28. The highest BCUT2D eigenvalue weighted by Crippen LogP contribution is 2.24. The van der Waals surface area contributed by atoms with Crippen LogP contribution in [0.25, 0.3) is 0 Å². The average Bonchev–Trinajstić information content (AvgIpc) is 2.41. The van der Waals surface area contributed by atoms with Gasteiger partial charge >= 0.3 is 5.97 Å². The van der Waals surface area contributed by atoms with Gasteiger partial charge in [0.25, 0.3) is 0 Å². The summed E-state index contributed by atoms with van der Waals surface area (Å²) in [7, 11) is 0. The third-order valence-electron chi connectivity index (χ3n) is 3.69. The van der Waals surface area contributed by atoms with Gasteiger partial charge in [0, 0.05) is 19.6 Å². The minimum absolute atomic E-state index is 0.0259. The molecule has 0 radical (unpaired) electrons. The molecule has 98 valence electrons. The molecule has 2 fully saturated rings. The van der Waals surface area contributed by atoms with Gasteiger partial charge in [-0.15, -0.1) is 0 Å². The summed E-state index contributed by atoms with van der Waals surface area (Å²) in [5, 5.41) is 0. The molecule has 1 aliphatic carbocycles. The fourth-order valence-electron chi connectivity index (χ4n) is 2.56. The van der Waals surface area contributed by atoms with Crippen molar-refractivity contribution in [2.75, 3.05) is 39.5 Å². The Labute approximate surface area is 103 Å². The van der Waals surface area contributed by atoms with Crippen LogP contribution in [0.4, 0.5) is 0 Å². The van der Waals surface area contributed by atoms with Gasteiger partial charge in [-0.25, -0.2) is 0 Å². The van der Waals surface area contributed by atoms with Gasteiger partial charge in [0.05, 0.1) is 19.1 Å². The van der Waals surface area contributed by atoms with Crippen molar-refractivity contribution in [3.05, 3.63) is 0 Å². The van der Waals surface area contributed by atoms with Gasteiger partial charge in [-0.1, -0.05) is 19.3 Å². The van der Waals surface area contributed by atoms with Crippen molar-refractivity contribution in [2.24, 2.45) is 5.92 Å². The van der Waals surface area contributed by atoms with E-state index in [1.165, 1.54) is 19.3 Å². The highest BCUT2D eigenvalue weighted by Gasteiger charge is 2.22. The van der Waals surface area contributed by atoms with E-state index in [-0.39, 0.29) is 11.9 Å². The Morgan fingerprint density at radius 2 is 1.88 bits per heavy atom. The van der Waals surface area contributed by atoms with Crippen molar-refractivity contribution >= 4 is 5.97 Å². The predicted molar refractivity (Wildman–Crippen MR) is 64.8 cm³/mol. The Morgan fingerprint density at radius 3 is 2.59 bits per heavy atom. The average molecular weight is 241 g/mol. The fourth-order valence-corrected chi connectivity index (χ4v) is 2.56. The lowest BCUT2D eigenvalue weighted by Gasteiger charge is -2.26. The van der Waals surface area contributed by atoms with Gasteiger partial charge in [0.15, 0.2) is 0 Å². The normalized spacial score (nSPS) is 23.5. The first-order chi connectivity index (χ1) is 8.36. The van der Waals surface area contributed by atoms with Crippen LogP contribution in [0, 0.1) is 5.92 Å². The number of hydrogen-bond donors (Lipinski definition) is 0. The predicted octanol–water partition coefficient (Wildman–Crippen LogP) is 1.44. The third-order valence-corrected chi connectivity index (χ3v) is 3.69. The van der Waals surface area contributed by atoms with Crippen molar-refractivity contribution in [2.45, 2.75) is 32.1 Å². The lowest BCUT2D eigenvalue weighted by atomic mass is 9.89. The number of nitrogens with zero attached hydrogens (tertiary/aromatic N) is 1. The molecule has 0 aromatic carbocycles. The molecule has 0 bridgehead atoms. The van der Waals surface area contributed by atoms with E-state index in [0.29, 0.717) is 6.61 Å². The highest BCUT2D eigenvalue weighted by atomic mass is 16.5. The van der Waals surface area contributed by atoms with Crippen LogP contribution in [0.3, 0.4) is 0 Å². The topological polar surface area (TPSA) is 38.8 Å².